The van der Waals surface area contributed by atoms with Crippen molar-refractivity contribution in [2.75, 3.05) is 5.01 Å². The van der Waals surface area contributed by atoms with Gasteiger partial charge in [-0.3, -0.25) is 4.79 Å². The Hall–Kier alpha value is -2.92. The number of carbonyl (C=O) groups excluding carboxylic acids is 1. The Morgan fingerprint density at radius 2 is 1.57 bits per heavy atom. The van der Waals surface area contributed by atoms with Crippen molar-refractivity contribution in [1.82, 2.24) is 0 Å². The lowest BCUT2D eigenvalue weighted by Gasteiger charge is -2.16. The van der Waals surface area contributed by atoms with Crippen molar-refractivity contribution in [3.63, 3.8) is 0 Å². The normalized spacial score (nSPS) is 11.6. The van der Waals surface area contributed by atoms with Crippen molar-refractivity contribution in [1.29, 1.82) is 0 Å². The number of aliphatic imine (C=N–C) groups is 1. The van der Waals surface area contributed by atoms with Gasteiger partial charge in [0.05, 0.1) is 5.69 Å². The molecule has 0 spiro atoms. The molecule has 0 aliphatic rings. The maximum atomic E-state index is 11.7. The highest BCUT2D eigenvalue weighted by atomic mass is 16.1. The van der Waals surface area contributed by atoms with Crippen molar-refractivity contribution in [2.24, 2.45) is 16.6 Å². The topological polar surface area (TPSA) is 84.7 Å². The summed E-state index contributed by atoms with van der Waals surface area (Å²) in [4.78, 5) is 15.5. The number of carbonyl (C=O) groups is 1. The fraction of sp³-hybridized carbons (Fsp3) is 0. The molecule has 2 aromatic rings. The van der Waals surface area contributed by atoms with Gasteiger partial charge in [-0.1, -0.05) is 48.5 Å². The first-order valence-corrected chi connectivity index (χ1v) is 6.38. The van der Waals surface area contributed by atoms with E-state index in [2.05, 4.69) is 4.99 Å². The number of nitrogens with two attached hydrogens (primary N) is 2. The molecule has 0 unspecified atom stereocenters. The van der Waals surface area contributed by atoms with E-state index >= 15 is 0 Å². The van der Waals surface area contributed by atoms with Gasteiger partial charge in [0.1, 0.15) is 0 Å². The van der Waals surface area contributed by atoms with Crippen LogP contribution in [0.1, 0.15) is 5.56 Å². The smallest absolute Gasteiger partial charge is 0.272 e. The predicted molar refractivity (Wildman–Crippen MR) is 85.2 cm³/mol. The molecular weight excluding hydrogens is 264 g/mol. The van der Waals surface area contributed by atoms with E-state index in [-0.39, 0.29) is 5.96 Å². The van der Waals surface area contributed by atoms with Gasteiger partial charge in [-0.15, -0.1) is 0 Å². The molecule has 2 rings (SSSR count). The number of guanidine groups is 1. The summed E-state index contributed by atoms with van der Waals surface area (Å²) in [6, 6.07) is 18.5. The van der Waals surface area contributed by atoms with Gasteiger partial charge in [-0.25, -0.2) is 10.9 Å². The van der Waals surface area contributed by atoms with E-state index < -0.39 is 5.91 Å². The van der Waals surface area contributed by atoms with Gasteiger partial charge in [0, 0.05) is 6.08 Å². The molecule has 0 atom stereocenters. The second-order valence-corrected chi connectivity index (χ2v) is 4.26. The predicted octanol–water partition coefficient (Wildman–Crippen LogP) is 1.92. The summed E-state index contributed by atoms with van der Waals surface area (Å²) in [7, 11) is 0. The minimum atomic E-state index is -0.470. The number of hydrogen-bond acceptors (Lipinski definition) is 2. The first-order valence-electron chi connectivity index (χ1n) is 6.38. The molecule has 106 valence electrons. The highest BCUT2D eigenvalue weighted by Gasteiger charge is 2.06. The second-order valence-electron chi connectivity index (χ2n) is 4.26. The summed E-state index contributed by atoms with van der Waals surface area (Å²) in [5.74, 6) is 5.26. The fourth-order valence-electron chi connectivity index (χ4n) is 1.66. The number of anilines is 1. The number of hydrogen-bond donors (Lipinski definition) is 2. The van der Waals surface area contributed by atoms with Crippen molar-refractivity contribution in [3.8, 4) is 0 Å². The van der Waals surface area contributed by atoms with E-state index in [0.717, 1.165) is 10.6 Å². The van der Waals surface area contributed by atoms with Crippen LogP contribution in [0.3, 0.4) is 0 Å². The molecule has 5 heteroatoms. The van der Waals surface area contributed by atoms with E-state index in [4.69, 9.17) is 11.6 Å². The molecule has 2 aromatic carbocycles. The number of nitrogens with zero attached hydrogens (tertiary/aromatic N) is 2. The Bertz CT molecular complexity index is 650. The number of amides is 1. The van der Waals surface area contributed by atoms with Gasteiger partial charge in [0.2, 0.25) is 5.96 Å². The van der Waals surface area contributed by atoms with Crippen LogP contribution in [-0.4, -0.2) is 11.9 Å². The molecule has 5 nitrogen and oxygen atoms in total. The second kappa shape index (κ2) is 7.02. The van der Waals surface area contributed by atoms with Crippen LogP contribution in [0.15, 0.2) is 71.7 Å². The minimum Gasteiger partial charge on any atom is -0.368 e. The first kappa shape index (κ1) is 14.5. The van der Waals surface area contributed by atoms with Crippen LogP contribution in [0, 0.1) is 0 Å². The van der Waals surface area contributed by atoms with Crippen LogP contribution in [-0.2, 0) is 4.79 Å². The van der Waals surface area contributed by atoms with Gasteiger partial charge in [0.15, 0.2) is 0 Å². The zero-order valence-corrected chi connectivity index (χ0v) is 11.4. The zero-order valence-electron chi connectivity index (χ0n) is 11.4. The molecule has 1 amide bonds. The number of para-hydroxylation sites is 1. The molecule has 0 aromatic heterocycles. The Labute approximate surface area is 123 Å². The lowest BCUT2D eigenvalue weighted by Crippen LogP contribution is -2.43. The molecule has 0 radical (unpaired) electrons. The van der Waals surface area contributed by atoms with Gasteiger partial charge in [0.25, 0.3) is 5.91 Å². The van der Waals surface area contributed by atoms with Crippen LogP contribution >= 0.6 is 0 Å². The summed E-state index contributed by atoms with van der Waals surface area (Å²) in [6.45, 7) is 0. The SMILES string of the molecule is NC(=NC(=O)/C=C/c1ccccc1)N(N)c1ccccc1. The third-order valence-electron chi connectivity index (χ3n) is 2.72. The van der Waals surface area contributed by atoms with E-state index in [1.165, 1.54) is 6.08 Å². The lowest BCUT2D eigenvalue weighted by molar-refractivity contribution is -0.113. The zero-order chi connectivity index (χ0) is 15.1. The van der Waals surface area contributed by atoms with Gasteiger partial charge in [-0.05, 0) is 23.8 Å². The largest absolute Gasteiger partial charge is 0.368 e. The van der Waals surface area contributed by atoms with E-state index in [1.807, 2.05) is 48.5 Å². The fourth-order valence-corrected chi connectivity index (χ4v) is 1.66. The third kappa shape index (κ3) is 4.29. The van der Waals surface area contributed by atoms with E-state index in [0.29, 0.717) is 5.69 Å². The quantitative estimate of drug-likeness (QED) is 0.296. The van der Waals surface area contributed by atoms with Crippen LogP contribution < -0.4 is 16.6 Å². The highest BCUT2D eigenvalue weighted by molar-refractivity contribution is 6.05. The van der Waals surface area contributed by atoms with Gasteiger partial charge >= 0.3 is 0 Å². The summed E-state index contributed by atoms with van der Waals surface area (Å²) in [5.41, 5.74) is 7.28. The maximum Gasteiger partial charge on any atom is 0.272 e. The monoisotopic (exact) mass is 280 g/mol. The van der Waals surface area contributed by atoms with Crippen molar-refractivity contribution in [3.05, 3.63) is 72.3 Å². The maximum absolute atomic E-state index is 11.7. The average Bonchev–Trinajstić information content (AvgIpc) is 2.54. The van der Waals surface area contributed by atoms with Gasteiger partial charge < -0.3 is 5.73 Å². The summed E-state index contributed by atoms with van der Waals surface area (Å²) < 4.78 is 0. The molecule has 21 heavy (non-hydrogen) atoms. The number of hydrazine groups is 1. The summed E-state index contributed by atoms with van der Waals surface area (Å²) in [6.07, 6.45) is 3.02. The molecule has 0 saturated heterocycles. The summed E-state index contributed by atoms with van der Waals surface area (Å²) >= 11 is 0. The Balaban J connectivity index is 2.05. The van der Waals surface area contributed by atoms with Crippen LogP contribution in [0.5, 0.6) is 0 Å². The van der Waals surface area contributed by atoms with Crippen LogP contribution in [0.4, 0.5) is 5.69 Å². The number of benzene rings is 2. The van der Waals surface area contributed by atoms with E-state index in [1.54, 1.807) is 18.2 Å². The summed E-state index contributed by atoms with van der Waals surface area (Å²) in [5, 5.41) is 1.16. The first-order chi connectivity index (χ1) is 10.2. The Kier molecular flexibility index (Phi) is 4.84. The van der Waals surface area contributed by atoms with Crippen LogP contribution in [0.25, 0.3) is 6.08 Å². The van der Waals surface area contributed by atoms with Crippen LogP contribution in [0.2, 0.25) is 0 Å². The van der Waals surface area contributed by atoms with Crippen molar-refractivity contribution < 1.29 is 4.79 Å². The standard InChI is InChI=1S/C16H16N4O/c17-16(20(18)14-9-5-2-6-10-14)19-15(21)12-11-13-7-3-1-4-8-13/h1-12H,18H2,(H2,17,19,21)/b12-11+. The molecule has 0 heterocycles. The molecule has 0 aliphatic carbocycles. The third-order valence-corrected chi connectivity index (χ3v) is 2.72. The van der Waals surface area contributed by atoms with Crippen molar-refractivity contribution in [2.45, 2.75) is 0 Å². The molecule has 0 saturated carbocycles. The number of rotatable bonds is 3. The van der Waals surface area contributed by atoms with E-state index in [9.17, 15) is 4.79 Å². The minimum absolute atomic E-state index is 0.0658. The molecule has 0 bridgehead atoms. The van der Waals surface area contributed by atoms with Crippen molar-refractivity contribution >= 4 is 23.6 Å². The lowest BCUT2D eigenvalue weighted by atomic mass is 10.2. The molecule has 0 fully saturated rings. The molecule has 0 aliphatic heterocycles. The Morgan fingerprint density at radius 1 is 1.00 bits per heavy atom. The molecule has 4 N–H and O–H groups in total. The average molecular weight is 280 g/mol. The highest BCUT2D eigenvalue weighted by Crippen LogP contribution is 2.08. The molecular formula is C16H16N4O. The Morgan fingerprint density at radius 3 is 2.19 bits per heavy atom. The van der Waals surface area contributed by atoms with Gasteiger partial charge in [-0.2, -0.15) is 4.99 Å².